The molecule has 0 aliphatic carbocycles. The molecule has 0 fully saturated rings. The number of benzene rings is 2. The highest BCUT2D eigenvalue weighted by atomic mass is 16.2. The van der Waals surface area contributed by atoms with Crippen LogP contribution in [0, 0.1) is 0 Å². The maximum Gasteiger partial charge on any atom is 0.247 e. The van der Waals surface area contributed by atoms with Gasteiger partial charge in [-0.1, -0.05) is 66.7 Å². The van der Waals surface area contributed by atoms with Crippen molar-refractivity contribution in [2.24, 2.45) is 0 Å². The zero-order valence-corrected chi connectivity index (χ0v) is 15.8. The van der Waals surface area contributed by atoms with E-state index >= 15 is 0 Å². The summed E-state index contributed by atoms with van der Waals surface area (Å²) in [5, 5.41) is 2.95. The van der Waals surface area contributed by atoms with E-state index in [1.807, 2.05) is 72.8 Å². The van der Waals surface area contributed by atoms with Crippen LogP contribution in [0.2, 0.25) is 0 Å². The lowest BCUT2D eigenvalue weighted by molar-refractivity contribution is -0.140. The molecule has 5 heteroatoms. The number of nitrogens with one attached hydrogen (secondary N) is 1. The van der Waals surface area contributed by atoms with Gasteiger partial charge in [-0.05, 0) is 22.8 Å². The van der Waals surface area contributed by atoms with Crippen LogP contribution in [0.1, 0.15) is 29.7 Å². The van der Waals surface area contributed by atoms with E-state index in [0.29, 0.717) is 13.1 Å². The van der Waals surface area contributed by atoms with Gasteiger partial charge in [-0.2, -0.15) is 0 Å². The maximum atomic E-state index is 13.1. The second-order valence-electron chi connectivity index (χ2n) is 6.52. The summed E-state index contributed by atoms with van der Waals surface area (Å²) in [5.74, 6) is -0.379. The number of nitrogens with zero attached hydrogens (tertiary/aromatic N) is 2. The van der Waals surface area contributed by atoms with E-state index in [0.717, 1.165) is 16.7 Å². The molecule has 1 aromatic heterocycles. The number of hydrogen-bond donors (Lipinski definition) is 1. The van der Waals surface area contributed by atoms with Crippen molar-refractivity contribution in [2.75, 3.05) is 0 Å². The first-order chi connectivity index (χ1) is 13.6. The molecule has 0 unspecified atom stereocenters. The third-order valence-electron chi connectivity index (χ3n) is 4.47. The van der Waals surface area contributed by atoms with Crippen molar-refractivity contribution in [2.45, 2.75) is 26.1 Å². The predicted octanol–water partition coefficient (Wildman–Crippen LogP) is 3.49. The molecular formula is C23H23N3O2. The Kier molecular flexibility index (Phi) is 6.52. The summed E-state index contributed by atoms with van der Waals surface area (Å²) in [6, 6.07) is 22.1. The normalized spacial score (nSPS) is 11.5. The topological polar surface area (TPSA) is 62.3 Å². The molecule has 1 atom stereocenters. The van der Waals surface area contributed by atoms with Crippen molar-refractivity contribution in [1.29, 1.82) is 0 Å². The molecule has 0 saturated carbocycles. The van der Waals surface area contributed by atoms with Crippen LogP contribution >= 0.6 is 0 Å². The van der Waals surface area contributed by atoms with Crippen LogP contribution in [0.3, 0.4) is 0 Å². The fourth-order valence-corrected chi connectivity index (χ4v) is 3.06. The number of aromatic nitrogens is 1. The minimum Gasteiger partial charge on any atom is -0.350 e. The zero-order valence-electron chi connectivity index (χ0n) is 15.8. The first-order valence-corrected chi connectivity index (χ1v) is 9.18. The molecule has 0 saturated heterocycles. The largest absolute Gasteiger partial charge is 0.350 e. The Balaban J connectivity index is 1.86. The van der Waals surface area contributed by atoms with E-state index < -0.39 is 6.04 Å². The quantitative estimate of drug-likeness (QED) is 0.690. The highest BCUT2D eigenvalue weighted by molar-refractivity contribution is 5.88. The minimum absolute atomic E-state index is 0.158. The summed E-state index contributed by atoms with van der Waals surface area (Å²) < 4.78 is 0. The van der Waals surface area contributed by atoms with Gasteiger partial charge in [0.05, 0.1) is 0 Å². The Bertz CT molecular complexity index is 899. The Labute approximate surface area is 165 Å². The van der Waals surface area contributed by atoms with Gasteiger partial charge in [-0.25, -0.2) is 0 Å². The molecule has 0 aliphatic heterocycles. The first kappa shape index (κ1) is 19.3. The van der Waals surface area contributed by atoms with Gasteiger partial charge in [0.15, 0.2) is 0 Å². The molecule has 142 valence electrons. The van der Waals surface area contributed by atoms with Crippen LogP contribution in [0.5, 0.6) is 0 Å². The maximum absolute atomic E-state index is 13.1. The molecular weight excluding hydrogens is 350 g/mol. The predicted molar refractivity (Wildman–Crippen MR) is 108 cm³/mol. The molecule has 0 bridgehead atoms. The average molecular weight is 373 g/mol. The fourth-order valence-electron chi connectivity index (χ4n) is 3.06. The average Bonchev–Trinajstić information content (AvgIpc) is 2.74. The van der Waals surface area contributed by atoms with Crippen LogP contribution < -0.4 is 5.32 Å². The zero-order chi connectivity index (χ0) is 19.8. The van der Waals surface area contributed by atoms with Crippen molar-refractivity contribution >= 4 is 11.8 Å². The number of pyridine rings is 1. The van der Waals surface area contributed by atoms with Crippen molar-refractivity contribution in [1.82, 2.24) is 15.2 Å². The van der Waals surface area contributed by atoms with Crippen LogP contribution in [0.25, 0.3) is 0 Å². The van der Waals surface area contributed by atoms with Crippen molar-refractivity contribution in [3.8, 4) is 0 Å². The number of hydrogen-bond acceptors (Lipinski definition) is 3. The van der Waals surface area contributed by atoms with Crippen molar-refractivity contribution < 1.29 is 9.59 Å². The second-order valence-corrected chi connectivity index (χ2v) is 6.52. The lowest BCUT2D eigenvalue weighted by Gasteiger charge is -2.30. The molecule has 3 rings (SSSR count). The standard InChI is InChI=1S/C23H23N3O2/c1-18(27)26(17-19-9-4-2-5-10-19)22(21-12-6-3-7-13-21)23(28)25-16-20-11-8-14-24-15-20/h2-15,22H,16-17H2,1H3,(H,25,28)/t22-/m0/s1. The Morgan fingerprint density at radius 3 is 2.18 bits per heavy atom. The number of carbonyl (C=O) groups excluding carboxylic acids is 2. The molecule has 0 aliphatic rings. The SMILES string of the molecule is CC(=O)N(Cc1ccccc1)[C@H](C(=O)NCc1cccnc1)c1ccccc1. The van der Waals surface area contributed by atoms with Gasteiger partial charge >= 0.3 is 0 Å². The summed E-state index contributed by atoms with van der Waals surface area (Å²) in [6.07, 6.45) is 3.40. The van der Waals surface area contributed by atoms with E-state index in [1.54, 1.807) is 17.3 Å². The van der Waals surface area contributed by atoms with E-state index in [2.05, 4.69) is 10.3 Å². The molecule has 2 aromatic carbocycles. The van der Waals surface area contributed by atoms with Gasteiger partial charge in [-0.3, -0.25) is 14.6 Å². The minimum atomic E-state index is -0.712. The summed E-state index contributed by atoms with van der Waals surface area (Å²) >= 11 is 0. The van der Waals surface area contributed by atoms with E-state index in [4.69, 9.17) is 0 Å². The van der Waals surface area contributed by atoms with Crippen molar-refractivity contribution in [3.05, 3.63) is 102 Å². The third-order valence-corrected chi connectivity index (χ3v) is 4.47. The fraction of sp³-hybridized carbons (Fsp3) is 0.174. The molecule has 3 aromatic rings. The highest BCUT2D eigenvalue weighted by Gasteiger charge is 2.29. The summed E-state index contributed by atoms with van der Waals surface area (Å²) in [4.78, 5) is 31.3. The highest BCUT2D eigenvalue weighted by Crippen LogP contribution is 2.24. The molecule has 0 radical (unpaired) electrons. The smallest absolute Gasteiger partial charge is 0.247 e. The summed E-state index contributed by atoms with van der Waals surface area (Å²) in [5.41, 5.74) is 2.65. The van der Waals surface area contributed by atoms with Crippen LogP contribution in [-0.2, 0) is 22.7 Å². The molecule has 28 heavy (non-hydrogen) atoms. The Hall–Kier alpha value is -3.47. The first-order valence-electron chi connectivity index (χ1n) is 9.18. The van der Waals surface area contributed by atoms with Gasteiger partial charge in [0.2, 0.25) is 11.8 Å². The van der Waals surface area contributed by atoms with Gasteiger partial charge in [0.25, 0.3) is 0 Å². The molecule has 1 heterocycles. The molecule has 5 nitrogen and oxygen atoms in total. The molecule has 1 N–H and O–H groups in total. The van der Waals surface area contributed by atoms with E-state index in [-0.39, 0.29) is 11.8 Å². The molecule has 2 amide bonds. The molecule has 0 spiro atoms. The van der Waals surface area contributed by atoms with Gasteiger partial charge in [-0.15, -0.1) is 0 Å². The number of carbonyl (C=O) groups is 2. The third kappa shape index (κ3) is 5.04. The van der Waals surface area contributed by atoms with Crippen molar-refractivity contribution in [3.63, 3.8) is 0 Å². The Morgan fingerprint density at radius 1 is 0.929 bits per heavy atom. The lowest BCUT2D eigenvalue weighted by atomic mass is 10.0. The van der Waals surface area contributed by atoms with Crippen LogP contribution in [-0.4, -0.2) is 21.7 Å². The lowest BCUT2D eigenvalue weighted by Crippen LogP contribution is -2.42. The monoisotopic (exact) mass is 373 g/mol. The second kappa shape index (κ2) is 9.46. The van der Waals surface area contributed by atoms with Gasteiger partial charge in [0, 0.05) is 32.4 Å². The summed E-state index contributed by atoms with van der Waals surface area (Å²) in [6.45, 7) is 2.20. The van der Waals surface area contributed by atoms with Gasteiger partial charge in [0.1, 0.15) is 6.04 Å². The number of rotatable bonds is 7. The van der Waals surface area contributed by atoms with Crippen LogP contribution in [0.4, 0.5) is 0 Å². The summed E-state index contributed by atoms with van der Waals surface area (Å²) in [7, 11) is 0. The van der Waals surface area contributed by atoms with E-state index in [9.17, 15) is 9.59 Å². The number of amides is 2. The van der Waals surface area contributed by atoms with E-state index in [1.165, 1.54) is 6.92 Å². The van der Waals surface area contributed by atoms with Crippen LogP contribution in [0.15, 0.2) is 85.2 Å². The Morgan fingerprint density at radius 2 is 1.57 bits per heavy atom. The van der Waals surface area contributed by atoms with Gasteiger partial charge < -0.3 is 10.2 Å².